The van der Waals surface area contributed by atoms with E-state index in [9.17, 15) is 4.79 Å². The predicted octanol–water partition coefficient (Wildman–Crippen LogP) is 3.03. The lowest BCUT2D eigenvalue weighted by Crippen LogP contribution is -2.31. The highest BCUT2D eigenvalue weighted by atomic mass is 16.5. The summed E-state index contributed by atoms with van der Waals surface area (Å²) in [5, 5.41) is 6.75. The molecule has 0 spiro atoms. The average molecular weight is 370 g/mol. The minimum atomic E-state index is -0.356. The smallest absolute Gasteiger partial charge is 0.316 e. The zero-order valence-corrected chi connectivity index (χ0v) is 15.5. The minimum absolute atomic E-state index is 0.0143. The van der Waals surface area contributed by atoms with Crippen LogP contribution in [0, 0.1) is 0 Å². The Morgan fingerprint density at radius 2 is 1.89 bits per heavy atom. The topological polar surface area (TPSA) is 80.5 Å². The molecular formula is C20H26N4O3. The fourth-order valence-electron chi connectivity index (χ4n) is 3.67. The Hall–Kier alpha value is -2.41. The molecule has 0 saturated carbocycles. The first kappa shape index (κ1) is 18.0. The third-order valence-electron chi connectivity index (χ3n) is 5.23. The van der Waals surface area contributed by atoms with E-state index in [1.165, 1.54) is 31.4 Å². The van der Waals surface area contributed by atoms with Crippen molar-refractivity contribution in [3.05, 3.63) is 30.2 Å². The van der Waals surface area contributed by atoms with Gasteiger partial charge >= 0.3 is 11.8 Å². The molecule has 1 aromatic heterocycles. The second-order valence-electron chi connectivity index (χ2n) is 7.22. The largest absolute Gasteiger partial charge is 0.376 e. The van der Waals surface area contributed by atoms with Crippen molar-refractivity contribution >= 4 is 11.6 Å². The number of anilines is 1. The molecule has 27 heavy (non-hydrogen) atoms. The lowest BCUT2D eigenvalue weighted by molar-refractivity contribution is 0.0822. The Balaban J connectivity index is 1.37. The normalized spacial score (nSPS) is 20.4. The number of nitrogens with zero attached hydrogens (tertiary/aromatic N) is 3. The number of amides is 1. The molecule has 1 amide bonds. The molecule has 4 rings (SSSR count). The Bertz CT molecular complexity index is 745. The molecule has 0 unspecified atom stereocenters. The van der Waals surface area contributed by atoms with Gasteiger partial charge in [-0.15, -0.1) is 0 Å². The Kier molecular flexibility index (Phi) is 5.67. The molecule has 1 aromatic carbocycles. The molecular weight excluding hydrogens is 344 g/mol. The van der Waals surface area contributed by atoms with Gasteiger partial charge in [0, 0.05) is 37.5 Å². The number of ether oxygens (including phenoxy) is 1. The van der Waals surface area contributed by atoms with Crippen molar-refractivity contribution in [2.45, 2.75) is 44.6 Å². The third-order valence-corrected chi connectivity index (χ3v) is 5.23. The number of carbonyl (C=O) groups is 1. The molecule has 2 fully saturated rings. The van der Waals surface area contributed by atoms with Crippen LogP contribution in [0.15, 0.2) is 28.8 Å². The Labute approximate surface area is 159 Å². The first-order valence-electron chi connectivity index (χ1n) is 9.88. The molecule has 2 saturated heterocycles. The van der Waals surface area contributed by atoms with Crippen molar-refractivity contribution in [1.29, 1.82) is 0 Å². The Morgan fingerprint density at radius 1 is 1.11 bits per heavy atom. The second kappa shape index (κ2) is 8.52. The fraction of sp³-hybridized carbons (Fsp3) is 0.550. The van der Waals surface area contributed by atoms with Gasteiger partial charge in [0.1, 0.15) is 0 Å². The minimum Gasteiger partial charge on any atom is -0.376 e. The van der Waals surface area contributed by atoms with E-state index < -0.39 is 0 Å². The SMILES string of the molecule is O=C(NC[C@@H]1CCCO1)c1nc(-c2ccc(N3CCCCCC3)cc2)no1. The van der Waals surface area contributed by atoms with Crippen LogP contribution in [-0.4, -0.2) is 48.4 Å². The molecule has 2 aliphatic rings. The zero-order chi connectivity index (χ0) is 18.5. The maximum absolute atomic E-state index is 12.2. The molecule has 7 nitrogen and oxygen atoms in total. The maximum Gasteiger partial charge on any atom is 0.316 e. The van der Waals surface area contributed by atoms with Crippen LogP contribution in [0.3, 0.4) is 0 Å². The molecule has 7 heteroatoms. The molecule has 1 atom stereocenters. The summed E-state index contributed by atoms with van der Waals surface area (Å²) in [6.07, 6.45) is 7.22. The number of rotatable bonds is 5. The first-order valence-corrected chi connectivity index (χ1v) is 9.88. The molecule has 3 heterocycles. The van der Waals surface area contributed by atoms with E-state index in [0.29, 0.717) is 12.4 Å². The monoisotopic (exact) mass is 370 g/mol. The number of benzene rings is 1. The van der Waals surface area contributed by atoms with Gasteiger partial charge in [0.25, 0.3) is 0 Å². The van der Waals surface area contributed by atoms with Gasteiger partial charge in [0.15, 0.2) is 0 Å². The van der Waals surface area contributed by atoms with Gasteiger partial charge in [-0.1, -0.05) is 18.0 Å². The standard InChI is InChI=1S/C20H26N4O3/c25-19(21-14-17-6-5-13-26-17)20-22-18(23-27-20)15-7-9-16(10-8-15)24-11-3-1-2-4-12-24/h7-10,17H,1-6,11-14H2,(H,21,25)/t17-/m0/s1. The predicted molar refractivity (Wildman–Crippen MR) is 102 cm³/mol. The average Bonchev–Trinajstić information content (AvgIpc) is 3.33. The van der Waals surface area contributed by atoms with E-state index in [1.807, 2.05) is 12.1 Å². The van der Waals surface area contributed by atoms with E-state index in [1.54, 1.807) is 0 Å². The molecule has 0 aliphatic carbocycles. The van der Waals surface area contributed by atoms with Gasteiger partial charge in [-0.25, -0.2) is 0 Å². The van der Waals surface area contributed by atoms with E-state index in [-0.39, 0.29) is 17.9 Å². The molecule has 0 bridgehead atoms. The van der Waals surface area contributed by atoms with Gasteiger partial charge in [0.2, 0.25) is 5.82 Å². The lowest BCUT2D eigenvalue weighted by Gasteiger charge is -2.22. The summed E-state index contributed by atoms with van der Waals surface area (Å²) in [6, 6.07) is 8.15. The highest BCUT2D eigenvalue weighted by molar-refractivity contribution is 5.89. The molecule has 144 valence electrons. The number of hydrogen-bond donors (Lipinski definition) is 1. The van der Waals surface area contributed by atoms with E-state index in [4.69, 9.17) is 9.26 Å². The van der Waals surface area contributed by atoms with E-state index in [2.05, 4.69) is 32.5 Å². The quantitative estimate of drug-likeness (QED) is 0.871. The fourth-order valence-corrected chi connectivity index (χ4v) is 3.67. The van der Waals surface area contributed by atoms with Gasteiger partial charge in [0.05, 0.1) is 6.10 Å². The van der Waals surface area contributed by atoms with Crippen molar-refractivity contribution in [1.82, 2.24) is 15.5 Å². The first-order chi connectivity index (χ1) is 13.3. The van der Waals surface area contributed by atoms with Crippen LogP contribution in [0.4, 0.5) is 5.69 Å². The summed E-state index contributed by atoms with van der Waals surface area (Å²) in [5.41, 5.74) is 2.06. The maximum atomic E-state index is 12.2. The highest BCUT2D eigenvalue weighted by Gasteiger charge is 2.20. The summed E-state index contributed by atoms with van der Waals surface area (Å²) >= 11 is 0. The summed E-state index contributed by atoms with van der Waals surface area (Å²) < 4.78 is 10.6. The number of hydrogen-bond acceptors (Lipinski definition) is 6. The van der Waals surface area contributed by atoms with Crippen molar-refractivity contribution < 1.29 is 14.1 Å². The molecule has 2 aliphatic heterocycles. The number of aromatic nitrogens is 2. The van der Waals surface area contributed by atoms with Gasteiger partial charge in [-0.2, -0.15) is 4.98 Å². The lowest BCUT2D eigenvalue weighted by atomic mass is 10.2. The van der Waals surface area contributed by atoms with E-state index >= 15 is 0 Å². The van der Waals surface area contributed by atoms with Gasteiger partial charge in [-0.05, 0) is 49.9 Å². The van der Waals surface area contributed by atoms with Crippen molar-refractivity contribution in [2.24, 2.45) is 0 Å². The third kappa shape index (κ3) is 4.47. The molecule has 1 N–H and O–H groups in total. The molecule has 2 aromatic rings. The van der Waals surface area contributed by atoms with Crippen LogP contribution in [-0.2, 0) is 4.74 Å². The van der Waals surface area contributed by atoms with Crippen molar-refractivity contribution in [3.8, 4) is 11.4 Å². The summed E-state index contributed by atoms with van der Waals surface area (Å²) in [5.74, 6) is 0.0599. The van der Waals surface area contributed by atoms with Crippen LogP contribution >= 0.6 is 0 Å². The number of carbonyl (C=O) groups excluding carboxylic acids is 1. The van der Waals surface area contributed by atoms with Crippen LogP contribution < -0.4 is 10.2 Å². The van der Waals surface area contributed by atoms with Crippen molar-refractivity contribution in [2.75, 3.05) is 31.1 Å². The van der Waals surface area contributed by atoms with Crippen LogP contribution in [0.5, 0.6) is 0 Å². The summed E-state index contributed by atoms with van der Waals surface area (Å²) in [6.45, 7) is 3.45. The second-order valence-corrected chi connectivity index (χ2v) is 7.22. The van der Waals surface area contributed by atoms with Crippen LogP contribution in [0.25, 0.3) is 11.4 Å². The Morgan fingerprint density at radius 3 is 2.59 bits per heavy atom. The van der Waals surface area contributed by atoms with Gasteiger partial charge < -0.3 is 19.5 Å². The highest BCUT2D eigenvalue weighted by Crippen LogP contribution is 2.23. The van der Waals surface area contributed by atoms with E-state index in [0.717, 1.165) is 38.1 Å². The van der Waals surface area contributed by atoms with Crippen LogP contribution in [0.2, 0.25) is 0 Å². The van der Waals surface area contributed by atoms with Gasteiger partial charge in [-0.3, -0.25) is 4.79 Å². The van der Waals surface area contributed by atoms with Crippen LogP contribution in [0.1, 0.15) is 49.2 Å². The van der Waals surface area contributed by atoms with Crippen molar-refractivity contribution in [3.63, 3.8) is 0 Å². The zero-order valence-electron chi connectivity index (χ0n) is 15.5. The summed E-state index contributed by atoms with van der Waals surface area (Å²) in [4.78, 5) is 18.8. The number of nitrogens with one attached hydrogen (secondary N) is 1. The molecule has 0 radical (unpaired) electrons. The summed E-state index contributed by atoms with van der Waals surface area (Å²) in [7, 11) is 0.